The number of benzene rings is 1. The highest BCUT2D eigenvalue weighted by Gasteiger charge is 2.38. The fourth-order valence-electron chi connectivity index (χ4n) is 2.22. The number of ether oxygens (including phenoxy) is 2. The molecule has 23 heavy (non-hydrogen) atoms. The second-order valence-electron chi connectivity index (χ2n) is 6.70. The molecule has 2 unspecified atom stereocenters. The average Bonchev–Trinajstić information content (AvgIpc) is 2.80. The number of carbonyl (C=O) groups excluding carboxylic acids is 2. The van der Waals surface area contributed by atoms with Crippen LogP contribution in [0.5, 0.6) is 11.5 Å². The Morgan fingerprint density at radius 3 is 2.74 bits per heavy atom. The zero-order chi connectivity index (χ0) is 17.2. The Kier molecular flexibility index (Phi) is 5.06. The number of ketones is 2. The van der Waals surface area contributed by atoms with Gasteiger partial charge in [0.1, 0.15) is 29.8 Å². The lowest BCUT2D eigenvalue weighted by molar-refractivity contribution is -0.121. The van der Waals surface area contributed by atoms with Crippen LogP contribution in [0.15, 0.2) is 18.2 Å². The van der Waals surface area contributed by atoms with Crippen molar-refractivity contribution in [2.24, 2.45) is 0 Å². The molecule has 126 valence electrons. The van der Waals surface area contributed by atoms with Crippen LogP contribution in [-0.2, 0) is 4.79 Å². The number of rotatable bonds is 6. The van der Waals surface area contributed by atoms with Gasteiger partial charge >= 0.3 is 0 Å². The Hall–Kier alpha value is -1.92. The third kappa shape index (κ3) is 4.30. The predicted molar refractivity (Wildman–Crippen MR) is 85.1 cm³/mol. The Morgan fingerprint density at radius 1 is 1.43 bits per heavy atom. The molecular weight excluding hydrogens is 298 g/mol. The average molecular weight is 321 g/mol. The van der Waals surface area contributed by atoms with Crippen LogP contribution in [0.1, 0.15) is 38.1 Å². The van der Waals surface area contributed by atoms with Crippen molar-refractivity contribution in [2.45, 2.75) is 45.4 Å². The van der Waals surface area contributed by atoms with E-state index in [1.165, 1.54) is 6.92 Å². The molecule has 0 aliphatic carbocycles. The summed E-state index contributed by atoms with van der Waals surface area (Å²) in [4.78, 5) is 23.7. The number of hydrogen-bond acceptors (Lipinski definition) is 6. The van der Waals surface area contributed by atoms with E-state index < -0.39 is 18.0 Å². The van der Waals surface area contributed by atoms with Crippen LogP contribution >= 0.6 is 0 Å². The molecule has 0 aromatic heterocycles. The van der Waals surface area contributed by atoms with E-state index in [0.29, 0.717) is 18.0 Å². The number of hydrogen-bond donors (Lipinski definition) is 2. The molecule has 0 fully saturated rings. The molecule has 0 bridgehead atoms. The van der Waals surface area contributed by atoms with Crippen molar-refractivity contribution < 1.29 is 24.2 Å². The van der Waals surface area contributed by atoms with Crippen LogP contribution in [0.25, 0.3) is 0 Å². The van der Waals surface area contributed by atoms with Crippen LogP contribution in [0.2, 0.25) is 0 Å². The Labute approximate surface area is 135 Å². The van der Waals surface area contributed by atoms with E-state index in [2.05, 4.69) is 5.32 Å². The van der Waals surface area contributed by atoms with Gasteiger partial charge in [-0.2, -0.15) is 0 Å². The summed E-state index contributed by atoms with van der Waals surface area (Å²) < 4.78 is 10.9. The quantitative estimate of drug-likeness (QED) is 0.769. The maximum Gasteiger partial charge on any atom is 0.219 e. The molecule has 2 atom stereocenters. The van der Waals surface area contributed by atoms with Gasteiger partial charge in [0, 0.05) is 12.1 Å². The molecule has 1 heterocycles. The largest absolute Gasteiger partial charge is 0.490 e. The lowest BCUT2D eigenvalue weighted by atomic mass is 10.1. The summed E-state index contributed by atoms with van der Waals surface area (Å²) >= 11 is 0. The van der Waals surface area contributed by atoms with Gasteiger partial charge in [0.15, 0.2) is 5.78 Å². The van der Waals surface area contributed by atoms with Crippen LogP contribution in [0, 0.1) is 0 Å². The normalized spacial score (nSPS) is 18.3. The molecule has 1 aromatic carbocycles. The summed E-state index contributed by atoms with van der Waals surface area (Å²) in [5, 5.41) is 13.1. The van der Waals surface area contributed by atoms with E-state index in [4.69, 9.17) is 9.47 Å². The third-order valence-corrected chi connectivity index (χ3v) is 3.39. The first-order valence-corrected chi connectivity index (χ1v) is 7.59. The minimum Gasteiger partial charge on any atom is -0.490 e. The molecule has 6 nitrogen and oxygen atoms in total. The smallest absolute Gasteiger partial charge is 0.219 e. The fourth-order valence-corrected chi connectivity index (χ4v) is 2.22. The highest BCUT2D eigenvalue weighted by molar-refractivity contribution is 6.17. The summed E-state index contributed by atoms with van der Waals surface area (Å²) in [5.74, 6) is -0.0713. The summed E-state index contributed by atoms with van der Waals surface area (Å²) in [7, 11) is 0. The summed E-state index contributed by atoms with van der Waals surface area (Å²) in [6, 6.07) is 4.94. The second kappa shape index (κ2) is 6.68. The van der Waals surface area contributed by atoms with Crippen molar-refractivity contribution in [1.82, 2.24) is 5.32 Å². The van der Waals surface area contributed by atoms with Gasteiger partial charge in [-0.3, -0.25) is 9.59 Å². The number of Topliss-reactive ketones (excluding diaryl/α,β-unsaturated/α-hetero) is 2. The number of fused-ring (bicyclic) bond motifs is 1. The fraction of sp³-hybridized carbons (Fsp3) is 0.529. The summed E-state index contributed by atoms with van der Waals surface area (Å²) in [6.07, 6.45) is -1.81. The first kappa shape index (κ1) is 17.4. The van der Waals surface area contributed by atoms with Gasteiger partial charge < -0.3 is 19.9 Å². The van der Waals surface area contributed by atoms with Crippen molar-refractivity contribution in [2.75, 3.05) is 13.2 Å². The molecule has 0 radical (unpaired) electrons. The van der Waals surface area contributed by atoms with Crippen molar-refractivity contribution in [3.63, 3.8) is 0 Å². The van der Waals surface area contributed by atoms with Gasteiger partial charge in [0.05, 0.1) is 0 Å². The van der Waals surface area contributed by atoms with Gasteiger partial charge in [-0.1, -0.05) is 6.07 Å². The van der Waals surface area contributed by atoms with Crippen LogP contribution < -0.4 is 14.8 Å². The molecule has 1 aliphatic heterocycles. The standard InChI is InChI=1S/C17H23NO5/c1-10(19)16-15(21)14-12(6-5-7-13(14)23-16)22-9-11(20)8-18-17(2,3)4/h5-7,11,16,18,20H,8-9H2,1-4H3. The molecule has 1 aliphatic rings. The topological polar surface area (TPSA) is 84.9 Å². The maximum atomic E-state index is 12.3. The number of aliphatic hydroxyl groups is 1. The SMILES string of the molecule is CC(=O)C1Oc2cccc(OCC(O)CNC(C)(C)C)c2C1=O. The van der Waals surface area contributed by atoms with Gasteiger partial charge in [-0.15, -0.1) is 0 Å². The maximum absolute atomic E-state index is 12.3. The lowest BCUT2D eigenvalue weighted by Crippen LogP contribution is -2.42. The number of β-amino-alcohol motifs (C(OH)–C–C–N with tert-alkyl or cyclic N) is 1. The highest BCUT2D eigenvalue weighted by atomic mass is 16.5. The van der Waals surface area contributed by atoms with Crippen molar-refractivity contribution in [1.29, 1.82) is 0 Å². The minimum atomic E-state index is -1.10. The Bertz CT molecular complexity index is 605. The lowest BCUT2D eigenvalue weighted by Gasteiger charge is -2.23. The van der Waals surface area contributed by atoms with E-state index in [-0.39, 0.29) is 23.5 Å². The van der Waals surface area contributed by atoms with Crippen molar-refractivity contribution in [3.05, 3.63) is 23.8 Å². The molecule has 2 N–H and O–H groups in total. The minimum absolute atomic E-state index is 0.0392. The van der Waals surface area contributed by atoms with E-state index in [1.54, 1.807) is 18.2 Å². The van der Waals surface area contributed by atoms with Gasteiger partial charge in [-0.25, -0.2) is 0 Å². The Morgan fingerprint density at radius 2 is 2.13 bits per heavy atom. The summed E-state index contributed by atoms with van der Waals surface area (Å²) in [6.45, 7) is 7.74. The summed E-state index contributed by atoms with van der Waals surface area (Å²) in [5.41, 5.74) is 0.164. The van der Waals surface area contributed by atoms with E-state index in [1.807, 2.05) is 20.8 Å². The van der Waals surface area contributed by atoms with E-state index >= 15 is 0 Å². The van der Waals surface area contributed by atoms with Crippen molar-refractivity contribution >= 4 is 11.6 Å². The molecule has 1 aromatic rings. The zero-order valence-electron chi connectivity index (χ0n) is 13.9. The zero-order valence-corrected chi connectivity index (χ0v) is 13.9. The predicted octanol–water partition coefficient (Wildman–Crippen LogP) is 1.35. The van der Waals surface area contributed by atoms with Gasteiger partial charge in [0.25, 0.3) is 0 Å². The first-order valence-electron chi connectivity index (χ1n) is 7.59. The van der Waals surface area contributed by atoms with Crippen LogP contribution in [-0.4, -0.2) is 47.6 Å². The molecule has 0 saturated heterocycles. The van der Waals surface area contributed by atoms with E-state index in [9.17, 15) is 14.7 Å². The molecule has 6 heteroatoms. The number of aliphatic hydroxyl groups excluding tert-OH is 1. The molecule has 0 amide bonds. The Balaban J connectivity index is 2.02. The molecular formula is C17H23NO5. The molecule has 0 saturated carbocycles. The monoisotopic (exact) mass is 321 g/mol. The second-order valence-corrected chi connectivity index (χ2v) is 6.70. The molecule has 0 spiro atoms. The third-order valence-electron chi connectivity index (χ3n) is 3.39. The van der Waals surface area contributed by atoms with E-state index in [0.717, 1.165) is 0 Å². The number of carbonyl (C=O) groups is 2. The number of nitrogens with one attached hydrogen (secondary N) is 1. The van der Waals surface area contributed by atoms with Crippen LogP contribution in [0.4, 0.5) is 0 Å². The molecule has 2 rings (SSSR count). The van der Waals surface area contributed by atoms with Crippen LogP contribution in [0.3, 0.4) is 0 Å². The van der Waals surface area contributed by atoms with Crippen molar-refractivity contribution in [3.8, 4) is 11.5 Å². The highest BCUT2D eigenvalue weighted by Crippen LogP contribution is 2.36. The van der Waals surface area contributed by atoms with Gasteiger partial charge in [-0.05, 0) is 39.8 Å². The first-order chi connectivity index (χ1) is 10.7. The van der Waals surface area contributed by atoms with Gasteiger partial charge in [0.2, 0.25) is 11.9 Å².